The first-order chi connectivity index (χ1) is 15.3. The summed E-state index contributed by atoms with van der Waals surface area (Å²) >= 11 is 0. The molecule has 2 rings (SSSR count). The maximum absolute atomic E-state index is 13.6. The van der Waals surface area contributed by atoms with Crippen molar-refractivity contribution in [2.75, 3.05) is 19.8 Å². The fourth-order valence-corrected chi connectivity index (χ4v) is 3.72. The molecule has 8 nitrogen and oxygen atoms in total. The lowest BCUT2D eigenvalue weighted by molar-refractivity contribution is -0.145. The van der Waals surface area contributed by atoms with Crippen molar-refractivity contribution in [2.45, 2.75) is 45.2 Å². The van der Waals surface area contributed by atoms with Crippen LogP contribution in [0.25, 0.3) is 0 Å². The van der Waals surface area contributed by atoms with Gasteiger partial charge >= 0.3 is 18.0 Å². The molecule has 1 aromatic rings. The zero-order valence-electron chi connectivity index (χ0n) is 18.7. The van der Waals surface area contributed by atoms with Gasteiger partial charge < -0.3 is 14.4 Å². The molecule has 172 valence electrons. The third-order valence-electron chi connectivity index (χ3n) is 5.25. The molecule has 1 saturated heterocycles. The Labute approximate surface area is 188 Å². The van der Waals surface area contributed by atoms with Crippen LogP contribution in [0, 0.1) is 0 Å². The Morgan fingerprint density at radius 2 is 1.75 bits per heavy atom. The third kappa shape index (κ3) is 5.43. The first-order valence-corrected chi connectivity index (χ1v) is 10.6. The van der Waals surface area contributed by atoms with Gasteiger partial charge in [0, 0.05) is 12.0 Å². The third-order valence-corrected chi connectivity index (χ3v) is 5.25. The van der Waals surface area contributed by atoms with Gasteiger partial charge in [-0.3, -0.25) is 14.5 Å². The van der Waals surface area contributed by atoms with Gasteiger partial charge in [-0.25, -0.2) is 9.59 Å². The van der Waals surface area contributed by atoms with E-state index in [0.717, 1.165) is 10.5 Å². The summed E-state index contributed by atoms with van der Waals surface area (Å²) in [5.74, 6) is -1.57. The van der Waals surface area contributed by atoms with Gasteiger partial charge in [-0.05, 0) is 32.3 Å². The molecule has 0 radical (unpaired) electrons. The lowest BCUT2D eigenvalue weighted by Crippen LogP contribution is -2.50. The smallest absolute Gasteiger partial charge is 0.335 e. The van der Waals surface area contributed by atoms with Crippen molar-refractivity contribution >= 4 is 23.9 Å². The second-order valence-corrected chi connectivity index (χ2v) is 7.40. The molecule has 1 unspecified atom stereocenters. The van der Waals surface area contributed by atoms with E-state index in [1.165, 1.54) is 11.0 Å². The van der Waals surface area contributed by atoms with E-state index in [-0.39, 0.29) is 51.1 Å². The van der Waals surface area contributed by atoms with Gasteiger partial charge in [0.05, 0.1) is 26.3 Å². The van der Waals surface area contributed by atoms with E-state index in [9.17, 15) is 19.2 Å². The molecule has 0 saturated carbocycles. The summed E-state index contributed by atoms with van der Waals surface area (Å²) in [4.78, 5) is 53.7. The van der Waals surface area contributed by atoms with E-state index in [4.69, 9.17) is 9.47 Å². The van der Waals surface area contributed by atoms with E-state index in [1.54, 1.807) is 13.8 Å². The Balaban J connectivity index is 2.41. The van der Waals surface area contributed by atoms with Crippen LogP contribution in [-0.2, 0) is 30.4 Å². The molecule has 1 fully saturated rings. The van der Waals surface area contributed by atoms with Crippen LogP contribution < -0.4 is 0 Å². The summed E-state index contributed by atoms with van der Waals surface area (Å²) in [7, 11) is 0. The van der Waals surface area contributed by atoms with Crippen LogP contribution in [0.2, 0.25) is 0 Å². The van der Waals surface area contributed by atoms with Gasteiger partial charge in [-0.2, -0.15) is 0 Å². The average Bonchev–Trinajstić information content (AvgIpc) is 2.95. The van der Waals surface area contributed by atoms with Crippen LogP contribution in [0.15, 0.2) is 55.1 Å². The molecule has 8 heteroatoms. The monoisotopic (exact) mass is 442 g/mol. The van der Waals surface area contributed by atoms with Crippen molar-refractivity contribution in [1.82, 2.24) is 9.80 Å². The van der Waals surface area contributed by atoms with Crippen molar-refractivity contribution < 1.29 is 28.7 Å². The molecule has 32 heavy (non-hydrogen) atoms. The Morgan fingerprint density at radius 3 is 2.34 bits per heavy atom. The first kappa shape index (κ1) is 24.8. The number of hydrogen-bond acceptors (Lipinski definition) is 6. The topological polar surface area (TPSA) is 93.2 Å². The SMILES string of the molecule is C=CCC1(CCC(=O)OCC)C(=O)N(Cc2ccccc2)C(=O)N1CC(=C)C(=O)OCC. The highest BCUT2D eigenvalue weighted by atomic mass is 16.5. The van der Waals surface area contributed by atoms with Crippen LogP contribution >= 0.6 is 0 Å². The van der Waals surface area contributed by atoms with Gasteiger partial charge in [0.2, 0.25) is 0 Å². The minimum absolute atomic E-state index is 0.0316. The van der Waals surface area contributed by atoms with E-state index in [0.29, 0.717) is 0 Å². The number of benzene rings is 1. The number of esters is 2. The number of rotatable bonds is 12. The second kappa shape index (κ2) is 11.3. The Morgan fingerprint density at radius 1 is 1.09 bits per heavy atom. The maximum Gasteiger partial charge on any atom is 0.335 e. The highest BCUT2D eigenvalue weighted by Crippen LogP contribution is 2.37. The van der Waals surface area contributed by atoms with E-state index < -0.39 is 29.4 Å². The average molecular weight is 443 g/mol. The quantitative estimate of drug-likeness (QED) is 0.214. The van der Waals surface area contributed by atoms with Gasteiger partial charge in [0.1, 0.15) is 5.54 Å². The van der Waals surface area contributed by atoms with Crippen molar-refractivity contribution in [1.29, 1.82) is 0 Å². The van der Waals surface area contributed by atoms with Crippen LogP contribution in [0.4, 0.5) is 4.79 Å². The van der Waals surface area contributed by atoms with Crippen molar-refractivity contribution in [3.8, 4) is 0 Å². The van der Waals surface area contributed by atoms with Crippen LogP contribution in [0.5, 0.6) is 0 Å². The summed E-state index contributed by atoms with van der Waals surface area (Å²) in [6.07, 6.45) is 1.60. The van der Waals surface area contributed by atoms with Crippen molar-refractivity contribution in [3.05, 3.63) is 60.7 Å². The van der Waals surface area contributed by atoms with Gasteiger partial charge in [0.15, 0.2) is 0 Å². The fourth-order valence-electron chi connectivity index (χ4n) is 3.72. The lowest BCUT2D eigenvalue weighted by atomic mass is 9.87. The Hall–Kier alpha value is -3.42. The molecular formula is C24H30N2O6. The molecule has 1 aromatic carbocycles. The maximum atomic E-state index is 13.6. The number of ether oxygens (including phenoxy) is 2. The van der Waals surface area contributed by atoms with Gasteiger partial charge in [-0.15, -0.1) is 6.58 Å². The Kier molecular flexibility index (Phi) is 8.75. The minimum atomic E-state index is -1.38. The summed E-state index contributed by atoms with van der Waals surface area (Å²) in [5.41, 5.74) is -0.562. The second-order valence-electron chi connectivity index (χ2n) is 7.40. The predicted octanol–water partition coefficient (Wildman–Crippen LogP) is 3.23. The van der Waals surface area contributed by atoms with Crippen LogP contribution in [0.3, 0.4) is 0 Å². The summed E-state index contributed by atoms with van der Waals surface area (Å²) in [6, 6.07) is 8.55. The predicted molar refractivity (Wildman–Crippen MR) is 118 cm³/mol. The highest BCUT2D eigenvalue weighted by Gasteiger charge is 2.56. The van der Waals surface area contributed by atoms with E-state index in [1.807, 2.05) is 30.3 Å². The largest absolute Gasteiger partial charge is 0.466 e. The van der Waals surface area contributed by atoms with Gasteiger partial charge in [-0.1, -0.05) is 43.0 Å². The lowest BCUT2D eigenvalue weighted by Gasteiger charge is -2.34. The van der Waals surface area contributed by atoms with Crippen molar-refractivity contribution in [2.24, 2.45) is 0 Å². The number of amides is 3. The number of urea groups is 1. The minimum Gasteiger partial charge on any atom is -0.466 e. The first-order valence-electron chi connectivity index (χ1n) is 10.6. The summed E-state index contributed by atoms with van der Waals surface area (Å²) in [5, 5.41) is 0. The molecule has 0 spiro atoms. The molecule has 1 aliphatic heterocycles. The molecule has 0 aliphatic carbocycles. The van der Waals surface area contributed by atoms with Gasteiger partial charge in [0.25, 0.3) is 5.91 Å². The van der Waals surface area contributed by atoms with Crippen LogP contribution in [0.1, 0.15) is 38.7 Å². The fraction of sp³-hybridized carbons (Fsp3) is 0.417. The zero-order valence-corrected chi connectivity index (χ0v) is 18.7. The highest BCUT2D eigenvalue weighted by molar-refractivity contribution is 6.07. The number of imide groups is 1. The number of hydrogen-bond donors (Lipinski definition) is 0. The number of carbonyl (C=O) groups excluding carboxylic acids is 4. The zero-order chi connectivity index (χ0) is 23.7. The molecule has 3 amide bonds. The molecule has 0 aromatic heterocycles. The van der Waals surface area contributed by atoms with E-state index >= 15 is 0 Å². The molecular weight excluding hydrogens is 412 g/mol. The normalized spacial score (nSPS) is 17.9. The van der Waals surface area contributed by atoms with Crippen LogP contribution in [-0.4, -0.2) is 59.0 Å². The molecule has 0 bridgehead atoms. The standard InChI is InChI=1S/C24H30N2O6/c1-5-14-24(15-13-20(27)31-6-2)22(29)25(17-19-11-9-8-10-12-19)23(30)26(24)16-18(4)21(28)32-7-3/h5,8-12H,1,4,6-7,13-17H2,2-3H3. The molecule has 1 heterocycles. The molecule has 1 atom stereocenters. The van der Waals surface area contributed by atoms with Crippen molar-refractivity contribution in [3.63, 3.8) is 0 Å². The molecule has 0 N–H and O–H groups in total. The number of carbonyl (C=O) groups is 4. The Bertz CT molecular complexity index is 882. The molecule has 1 aliphatic rings. The summed E-state index contributed by atoms with van der Waals surface area (Å²) < 4.78 is 10.00. The van der Waals surface area contributed by atoms with E-state index in [2.05, 4.69) is 13.2 Å². The number of nitrogens with zero attached hydrogens (tertiary/aromatic N) is 2. The summed E-state index contributed by atoms with van der Waals surface area (Å²) in [6.45, 7) is 11.1.